The molecular weight excluding hydrogens is 227 g/mol. The first-order valence-corrected chi connectivity index (χ1v) is 5.79. The monoisotopic (exact) mass is 245 g/mol. The van der Waals surface area contributed by atoms with Crippen molar-refractivity contribution in [3.63, 3.8) is 0 Å². The normalized spacial score (nSPS) is 13.8. The first-order chi connectivity index (χ1) is 7.84. The minimum Gasteiger partial charge on any atom is -0.324 e. The lowest BCUT2D eigenvalue weighted by molar-refractivity contribution is -0.137. The summed E-state index contributed by atoms with van der Waals surface area (Å²) in [4.78, 5) is 0. The standard InChI is InChI=1S/C13H18F3N/c1-3-4-5-12(17)10-6-9(2)7-11(8-10)13(14,15)16/h6-8,12H,3-5,17H2,1-2H3. The molecule has 0 fully saturated rings. The highest BCUT2D eigenvalue weighted by atomic mass is 19.4. The lowest BCUT2D eigenvalue weighted by atomic mass is 9.97. The predicted octanol–water partition coefficient (Wildman–Crippen LogP) is 4.20. The Morgan fingerprint density at radius 1 is 1.24 bits per heavy atom. The van der Waals surface area contributed by atoms with Crippen LogP contribution in [0.5, 0.6) is 0 Å². The van der Waals surface area contributed by atoms with E-state index in [1.54, 1.807) is 13.0 Å². The molecule has 0 aliphatic rings. The Morgan fingerprint density at radius 3 is 2.41 bits per heavy atom. The van der Waals surface area contributed by atoms with Gasteiger partial charge in [0.2, 0.25) is 0 Å². The predicted molar refractivity (Wildman–Crippen MR) is 62.6 cm³/mol. The lowest BCUT2D eigenvalue weighted by Crippen LogP contribution is -2.13. The molecule has 2 N–H and O–H groups in total. The fraction of sp³-hybridized carbons (Fsp3) is 0.538. The Morgan fingerprint density at radius 2 is 1.88 bits per heavy atom. The zero-order valence-electron chi connectivity index (χ0n) is 10.1. The van der Waals surface area contributed by atoms with Crippen LogP contribution >= 0.6 is 0 Å². The zero-order valence-corrected chi connectivity index (χ0v) is 10.1. The van der Waals surface area contributed by atoms with Crippen LogP contribution in [0.25, 0.3) is 0 Å². The van der Waals surface area contributed by atoms with Crippen molar-refractivity contribution in [3.05, 3.63) is 34.9 Å². The topological polar surface area (TPSA) is 26.0 Å². The summed E-state index contributed by atoms with van der Waals surface area (Å²) in [5.74, 6) is 0. The number of unbranched alkanes of at least 4 members (excludes halogenated alkanes) is 1. The first kappa shape index (κ1) is 14.0. The smallest absolute Gasteiger partial charge is 0.324 e. The van der Waals surface area contributed by atoms with E-state index in [-0.39, 0.29) is 6.04 Å². The van der Waals surface area contributed by atoms with Gasteiger partial charge in [-0.1, -0.05) is 31.4 Å². The Bertz CT molecular complexity index is 371. The van der Waals surface area contributed by atoms with Gasteiger partial charge in [0.1, 0.15) is 0 Å². The number of benzene rings is 1. The van der Waals surface area contributed by atoms with E-state index < -0.39 is 11.7 Å². The molecule has 1 rings (SSSR count). The van der Waals surface area contributed by atoms with Crippen molar-refractivity contribution in [1.82, 2.24) is 0 Å². The van der Waals surface area contributed by atoms with Crippen LogP contribution in [0, 0.1) is 6.92 Å². The maximum atomic E-state index is 12.6. The van der Waals surface area contributed by atoms with Gasteiger partial charge in [-0.2, -0.15) is 13.2 Å². The molecule has 0 saturated carbocycles. The van der Waals surface area contributed by atoms with E-state index in [1.807, 2.05) is 6.92 Å². The molecule has 0 aliphatic heterocycles. The molecular formula is C13H18F3N. The van der Waals surface area contributed by atoms with Gasteiger partial charge in [-0.05, 0) is 31.0 Å². The van der Waals surface area contributed by atoms with Crippen molar-refractivity contribution >= 4 is 0 Å². The maximum Gasteiger partial charge on any atom is 0.416 e. The Balaban J connectivity index is 2.97. The minimum atomic E-state index is -4.30. The molecule has 0 radical (unpaired) electrons. The molecule has 1 nitrogen and oxygen atoms in total. The molecule has 0 amide bonds. The van der Waals surface area contributed by atoms with Crippen molar-refractivity contribution in [3.8, 4) is 0 Å². The fourth-order valence-electron chi connectivity index (χ4n) is 1.78. The highest BCUT2D eigenvalue weighted by Crippen LogP contribution is 2.32. The highest BCUT2D eigenvalue weighted by Gasteiger charge is 2.31. The minimum absolute atomic E-state index is 0.309. The summed E-state index contributed by atoms with van der Waals surface area (Å²) in [6, 6.07) is 3.73. The van der Waals surface area contributed by atoms with E-state index >= 15 is 0 Å². The molecule has 4 heteroatoms. The Labute approximate surface area is 99.8 Å². The Hall–Kier alpha value is -1.03. The number of hydrogen-bond donors (Lipinski definition) is 1. The second kappa shape index (κ2) is 5.54. The van der Waals surface area contributed by atoms with Crippen LogP contribution in [0.15, 0.2) is 18.2 Å². The molecule has 1 aromatic carbocycles. The van der Waals surface area contributed by atoms with Crippen LogP contribution in [0.2, 0.25) is 0 Å². The summed E-state index contributed by atoms with van der Waals surface area (Å²) in [5.41, 5.74) is 6.46. The van der Waals surface area contributed by atoms with Crippen molar-refractivity contribution in [2.24, 2.45) is 5.73 Å². The van der Waals surface area contributed by atoms with Crippen LogP contribution in [0.3, 0.4) is 0 Å². The summed E-state index contributed by atoms with van der Waals surface area (Å²) in [6.07, 6.45) is -1.66. The second-order valence-corrected chi connectivity index (χ2v) is 4.38. The maximum absolute atomic E-state index is 12.6. The molecule has 17 heavy (non-hydrogen) atoms. The van der Waals surface area contributed by atoms with Crippen molar-refractivity contribution in [2.75, 3.05) is 0 Å². The van der Waals surface area contributed by atoms with Gasteiger partial charge in [0.15, 0.2) is 0 Å². The van der Waals surface area contributed by atoms with E-state index in [0.717, 1.165) is 31.4 Å². The molecule has 0 heterocycles. The molecule has 0 aliphatic carbocycles. The van der Waals surface area contributed by atoms with Gasteiger partial charge in [0, 0.05) is 6.04 Å². The molecule has 0 bridgehead atoms. The summed E-state index contributed by atoms with van der Waals surface area (Å²) < 4.78 is 37.9. The first-order valence-electron chi connectivity index (χ1n) is 5.79. The Kier molecular flexibility index (Phi) is 4.57. The molecule has 96 valence electrons. The number of halogens is 3. The molecule has 0 spiro atoms. The molecule has 0 saturated heterocycles. The van der Waals surface area contributed by atoms with Crippen molar-refractivity contribution < 1.29 is 13.2 Å². The van der Waals surface area contributed by atoms with Crippen LogP contribution in [0.4, 0.5) is 13.2 Å². The number of nitrogens with two attached hydrogens (primary N) is 1. The summed E-state index contributed by atoms with van der Waals surface area (Å²) in [6.45, 7) is 3.69. The highest BCUT2D eigenvalue weighted by molar-refractivity contribution is 5.32. The van der Waals surface area contributed by atoms with E-state index in [2.05, 4.69) is 0 Å². The molecule has 1 unspecified atom stereocenters. The van der Waals surface area contributed by atoms with Crippen LogP contribution in [-0.2, 0) is 6.18 Å². The number of alkyl halides is 3. The van der Waals surface area contributed by atoms with Gasteiger partial charge in [-0.3, -0.25) is 0 Å². The van der Waals surface area contributed by atoms with E-state index in [4.69, 9.17) is 5.73 Å². The fourth-order valence-corrected chi connectivity index (χ4v) is 1.78. The zero-order chi connectivity index (χ0) is 13.1. The lowest BCUT2D eigenvalue weighted by Gasteiger charge is -2.15. The largest absolute Gasteiger partial charge is 0.416 e. The average Bonchev–Trinajstić information content (AvgIpc) is 2.23. The summed E-state index contributed by atoms with van der Waals surface area (Å²) in [5, 5.41) is 0. The van der Waals surface area contributed by atoms with Gasteiger partial charge in [0.05, 0.1) is 5.56 Å². The number of aryl methyl sites for hydroxylation is 1. The van der Waals surface area contributed by atoms with E-state index in [9.17, 15) is 13.2 Å². The van der Waals surface area contributed by atoms with Gasteiger partial charge in [-0.15, -0.1) is 0 Å². The average molecular weight is 245 g/mol. The summed E-state index contributed by atoms with van der Waals surface area (Å²) >= 11 is 0. The van der Waals surface area contributed by atoms with E-state index in [0.29, 0.717) is 11.1 Å². The molecule has 0 aromatic heterocycles. The van der Waals surface area contributed by atoms with Gasteiger partial charge >= 0.3 is 6.18 Å². The third-order valence-corrected chi connectivity index (χ3v) is 2.72. The van der Waals surface area contributed by atoms with Gasteiger partial charge in [0.25, 0.3) is 0 Å². The third-order valence-electron chi connectivity index (χ3n) is 2.72. The van der Waals surface area contributed by atoms with Crippen molar-refractivity contribution in [1.29, 1.82) is 0 Å². The molecule has 1 aromatic rings. The summed E-state index contributed by atoms with van der Waals surface area (Å²) in [7, 11) is 0. The van der Waals surface area contributed by atoms with Gasteiger partial charge < -0.3 is 5.73 Å². The quantitative estimate of drug-likeness (QED) is 0.845. The number of hydrogen-bond acceptors (Lipinski definition) is 1. The van der Waals surface area contributed by atoms with Crippen LogP contribution in [-0.4, -0.2) is 0 Å². The van der Waals surface area contributed by atoms with Crippen molar-refractivity contribution in [2.45, 2.75) is 45.3 Å². The third kappa shape index (κ3) is 4.04. The SMILES string of the molecule is CCCCC(N)c1cc(C)cc(C(F)(F)F)c1. The number of rotatable bonds is 4. The van der Waals surface area contributed by atoms with Gasteiger partial charge in [-0.25, -0.2) is 0 Å². The van der Waals surface area contributed by atoms with Crippen LogP contribution < -0.4 is 5.73 Å². The van der Waals surface area contributed by atoms with E-state index in [1.165, 1.54) is 0 Å². The molecule has 1 atom stereocenters. The van der Waals surface area contributed by atoms with Crippen LogP contribution in [0.1, 0.15) is 48.9 Å². The second-order valence-electron chi connectivity index (χ2n) is 4.38.